The highest BCUT2D eigenvalue weighted by molar-refractivity contribution is 5.93. The van der Waals surface area contributed by atoms with E-state index in [-0.39, 0.29) is 0 Å². The number of hydrogen-bond acceptors (Lipinski definition) is 8. The van der Waals surface area contributed by atoms with Crippen molar-refractivity contribution in [3.05, 3.63) is 0 Å². The van der Waals surface area contributed by atoms with Crippen molar-refractivity contribution in [1.29, 1.82) is 0 Å². The van der Waals surface area contributed by atoms with Gasteiger partial charge < -0.3 is 40.7 Å². The average molecular weight is 337 g/mol. The van der Waals surface area contributed by atoms with Crippen molar-refractivity contribution in [2.24, 2.45) is 5.92 Å². The number of amides is 1. The molecule has 1 rings (SSSR count). The second kappa shape index (κ2) is 8.17. The molecule has 0 spiro atoms. The molecule has 0 radical (unpaired) electrons. The number of hydrogen-bond donors (Lipinski definition) is 7. The van der Waals surface area contributed by atoms with Crippen molar-refractivity contribution in [1.82, 2.24) is 5.32 Å². The second-order valence-corrected chi connectivity index (χ2v) is 5.08. The summed E-state index contributed by atoms with van der Waals surface area (Å²) in [4.78, 5) is 33.1. The van der Waals surface area contributed by atoms with Gasteiger partial charge in [-0.05, 0) is 6.42 Å². The van der Waals surface area contributed by atoms with Gasteiger partial charge in [-0.3, -0.25) is 14.4 Å². The smallest absolute Gasteiger partial charge is 0.317 e. The van der Waals surface area contributed by atoms with Crippen molar-refractivity contribution >= 4 is 17.8 Å². The van der Waals surface area contributed by atoms with Crippen molar-refractivity contribution in [3.8, 4) is 0 Å². The summed E-state index contributed by atoms with van der Waals surface area (Å²) in [7, 11) is 0. The van der Waals surface area contributed by atoms with Crippen LogP contribution in [0.4, 0.5) is 0 Å². The Labute approximate surface area is 130 Å². The van der Waals surface area contributed by atoms with Crippen molar-refractivity contribution in [3.63, 3.8) is 0 Å². The third kappa shape index (κ3) is 4.84. The first-order valence-electron chi connectivity index (χ1n) is 6.74. The summed E-state index contributed by atoms with van der Waals surface area (Å²) in [5.74, 6) is -5.74. The van der Waals surface area contributed by atoms with E-state index in [1.165, 1.54) is 0 Å². The van der Waals surface area contributed by atoms with Gasteiger partial charge in [0.15, 0.2) is 12.1 Å². The lowest BCUT2D eigenvalue weighted by Gasteiger charge is -2.40. The average Bonchev–Trinajstić information content (AvgIpc) is 2.47. The number of nitrogens with one attached hydrogen (secondary N) is 1. The first-order valence-corrected chi connectivity index (χ1v) is 6.74. The molecule has 0 bridgehead atoms. The molecule has 1 fully saturated rings. The fraction of sp³-hybridized carbons (Fsp3) is 0.750. The van der Waals surface area contributed by atoms with Crippen molar-refractivity contribution in [2.45, 2.75) is 43.5 Å². The molecule has 1 aliphatic heterocycles. The summed E-state index contributed by atoms with van der Waals surface area (Å²) in [5, 5.41) is 57.3. The lowest BCUT2D eigenvalue weighted by Crippen LogP contribution is -2.63. The first-order chi connectivity index (χ1) is 10.7. The van der Waals surface area contributed by atoms with Gasteiger partial charge in [-0.15, -0.1) is 0 Å². The monoisotopic (exact) mass is 337 g/mol. The second-order valence-electron chi connectivity index (χ2n) is 5.08. The molecule has 7 N–H and O–H groups in total. The third-order valence-corrected chi connectivity index (χ3v) is 3.45. The Bertz CT molecular complexity index is 439. The Hall–Kier alpha value is -1.79. The maximum Gasteiger partial charge on any atom is 0.317 e. The van der Waals surface area contributed by atoms with Gasteiger partial charge in [-0.2, -0.15) is 0 Å². The topological polar surface area (TPSA) is 194 Å². The molecule has 23 heavy (non-hydrogen) atoms. The summed E-state index contributed by atoms with van der Waals surface area (Å²) in [6.45, 7) is -0.669. The molecule has 0 unspecified atom stereocenters. The van der Waals surface area contributed by atoms with Gasteiger partial charge in [0.2, 0.25) is 5.91 Å². The number of carbonyl (C=O) groups is 3. The molecule has 0 aromatic carbocycles. The van der Waals surface area contributed by atoms with Crippen LogP contribution in [-0.4, -0.2) is 85.7 Å². The normalized spacial score (nSPS) is 30.9. The maximum absolute atomic E-state index is 11.7. The zero-order valence-corrected chi connectivity index (χ0v) is 11.9. The predicted octanol–water partition coefficient (Wildman–Crippen LogP) is -3.53. The largest absolute Gasteiger partial charge is 0.481 e. The van der Waals surface area contributed by atoms with Crippen LogP contribution in [0.5, 0.6) is 0 Å². The van der Waals surface area contributed by atoms with E-state index in [1.807, 2.05) is 0 Å². The first kappa shape index (κ1) is 19.3. The van der Waals surface area contributed by atoms with E-state index < -0.39 is 73.9 Å². The van der Waals surface area contributed by atoms with Crippen molar-refractivity contribution < 1.29 is 49.8 Å². The minimum absolute atomic E-state index is 0.474. The van der Waals surface area contributed by atoms with E-state index >= 15 is 0 Å². The Balaban J connectivity index is 2.59. The van der Waals surface area contributed by atoms with Crippen LogP contribution < -0.4 is 5.32 Å². The molecular weight excluding hydrogens is 318 g/mol. The van der Waals surface area contributed by atoms with E-state index in [0.29, 0.717) is 0 Å². The molecule has 0 aliphatic carbocycles. The van der Waals surface area contributed by atoms with Crippen LogP contribution in [0.2, 0.25) is 0 Å². The van der Waals surface area contributed by atoms with Crippen LogP contribution in [0.15, 0.2) is 0 Å². The van der Waals surface area contributed by atoms with Crippen LogP contribution in [0.25, 0.3) is 0 Å². The van der Waals surface area contributed by atoms with E-state index in [0.717, 1.165) is 0 Å². The van der Waals surface area contributed by atoms with Gasteiger partial charge in [0.1, 0.15) is 24.4 Å². The molecule has 1 saturated heterocycles. The van der Waals surface area contributed by atoms with Crippen LogP contribution in [0, 0.1) is 5.92 Å². The highest BCUT2D eigenvalue weighted by Gasteiger charge is 2.44. The minimum atomic E-state index is -1.75. The van der Waals surface area contributed by atoms with Gasteiger partial charge in [-0.1, -0.05) is 0 Å². The molecule has 0 aromatic heterocycles. The minimum Gasteiger partial charge on any atom is -0.481 e. The van der Waals surface area contributed by atoms with Crippen LogP contribution in [-0.2, 0) is 19.1 Å². The fourth-order valence-corrected chi connectivity index (χ4v) is 2.08. The zero-order chi connectivity index (χ0) is 17.7. The number of carboxylic acid groups (broad SMARTS) is 2. The lowest BCUT2D eigenvalue weighted by atomic mass is 9.98. The number of carboxylic acids is 2. The highest BCUT2D eigenvalue weighted by Crippen LogP contribution is 2.20. The zero-order valence-electron chi connectivity index (χ0n) is 11.9. The number of aliphatic carboxylic acids is 2. The molecule has 11 heteroatoms. The van der Waals surface area contributed by atoms with E-state index in [1.54, 1.807) is 0 Å². The fourth-order valence-electron chi connectivity index (χ4n) is 2.08. The maximum atomic E-state index is 11.7. The molecule has 11 nitrogen and oxygen atoms in total. The molecule has 0 aromatic rings. The number of aliphatic hydroxyl groups excluding tert-OH is 4. The Morgan fingerprint density at radius 2 is 1.57 bits per heavy atom. The molecule has 1 aliphatic rings. The summed E-state index contributed by atoms with van der Waals surface area (Å²) >= 11 is 0. The molecule has 1 amide bonds. The van der Waals surface area contributed by atoms with E-state index in [2.05, 4.69) is 5.32 Å². The highest BCUT2D eigenvalue weighted by atomic mass is 16.6. The van der Waals surface area contributed by atoms with Gasteiger partial charge in [0, 0.05) is 6.42 Å². The lowest BCUT2D eigenvalue weighted by molar-refractivity contribution is -0.236. The SMILES string of the molecule is O=C(CCC(C(=O)O)C(=O)O)N[C@@H]1O[C@H](CO)[C@H](O)[C@H](O)[C@H]1O. The third-order valence-electron chi connectivity index (χ3n) is 3.45. The Kier molecular flexibility index (Phi) is 6.84. The van der Waals surface area contributed by atoms with Gasteiger partial charge in [0.05, 0.1) is 6.61 Å². The van der Waals surface area contributed by atoms with E-state index in [4.69, 9.17) is 20.1 Å². The summed E-state index contributed by atoms with van der Waals surface area (Å²) in [5.41, 5.74) is 0. The Morgan fingerprint density at radius 3 is 2.04 bits per heavy atom. The van der Waals surface area contributed by atoms with Crippen LogP contribution in [0.1, 0.15) is 12.8 Å². The standard InChI is InChI=1S/C12H19NO10/c14-3-5-7(16)8(17)9(18)10(23-5)13-6(15)2-1-4(11(19)20)12(21)22/h4-5,7-10,14,16-18H,1-3H2,(H,13,15)(H,19,20)(H,21,22)/t5-,7+,8+,9-,10-/m1/s1. The van der Waals surface area contributed by atoms with Gasteiger partial charge in [-0.25, -0.2) is 0 Å². The molecule has 0 saturated carbocycles. The van der Waals surface area contributed by atoms with Gasteiger partial charge >= 0.3 is 11.9 Å². The number of ether oxygens (including phenoxy) is 1. The quantitative estimate of drug-likeness (QED) is 0.229. The number of aliphatic hydroxyl groups is 4. The van der Waals surface area contributed by atoms with Crippen LogP contribution in [0.3, 0.4) is 0 Å². The predicted molar refractivity (Wildman–Crippen MR) is 69.9 cm³/mol. The summed E-state index contributed by atoms with van der Waals surface area (Å²) < 4.78 is 5.03. The summed E-state index contributed by atoms with van der Waals surface area (Å²) in [6.07, 6.45) is -8.52. The number of rotatable bonds is 7. The van der Waals surface area contributed by atoms with Crippen molar-refractivity contribution in [2.75, 3.05) is 6.61 Å². The molecule has 132 valence electrons. The van der Waals surface area contributed by atoms with E-state index in [9.17, 15) is 29.7 Å². The van der Waals surface area contributed by atoms with Crippen LogP contribution >= 0.6 is 0 Å². The number of carbonyl (C=O) groups excluding carboxylic acids is 1. The molecule has 1 heterocycles. The molecule has 5 atom stereocenters. The Morgan fingerprint density at radius 1 is 1.00 bits per heavy atom. The van der Waals surface area contributed by atoms with Gasteiger partial charge in [0.25, 0.3) is 0 Å². The molecular formula is C12H19NO10. The summed E-state index contributed by atoms with van der Waals surface area (Å²) in [6, 6.07) is 0.